The van der Waals surface area contributed by atoms with Crippen LogP contribution < -0.4 is 0 Å². The molecule has 0 spiro atoms. The fourth-order valence-electron chi connectivity index (χ4n) is 1.65. The van der Waals surface area contributed by atoms with E-state index in [0.29, 0.717) is 0 Å². The van der Waals surface area contributed by atoms with E-state index in [9.17, 15) is 0 Å². The topological polar surface area (TPSA) is 21.7 Å². The van der Waals surface area contributed by atoms with Crippen LogP contribution in [0.4, 0.5) is 0 Å². The first-order valence-electron chi connectivity index (χ1n) is 5.18. The van der Waals surface area contributed by atoms with Gasteiger partial charge in [-0.05, 0) is 13.8 Å². The fourth-order valence-corrected chi connectivity index (χ4v) is 1.78. The molecule has 0 radical (unpaired) electrons. The van der Waals surface area contributed by atoms with Gasteiger partial charge >= 0.3 is 0 Å². The molecule has 1 aliphatic heterocycles. The van der Waals surface area contributed by atoms with E-state index < -0.39 is 0 Å². The van der Waals surface area contributed by atoms with E-state index in [-0.39, 0.29) is 5.54 Å². The summed E-state index contributed by atoms with van der Waals surface area (Å²) in [5.41, 5.74) is 0.155. The van der Waals surface area contributed by atoms with Crippen LogP contribution in [0.3, 0.4) is 0 Å². The average molecular weight is 219 g/mol. The summed E-state index contributed by atoms with van der Waals surface area (Å²) in [6, 6.07) is 0. The summed E-state index contributed by atoms with van der Waals surface area (Å²) in [6.07, 6.45) is 0. The first-order chi connectivity index (χ1) is 6.67. The van der Waals surface area contributed by atoms with E-state index in [4.69, 9.17) is 9.47 Å². The SMILES string of the molecule is CC1(C)COCCN1CCOCCS. The van der Waals surface area contributed by atoms with Crippen LogP contribution in [0.25, 0.3) is 0 Å². The molecule has 0 bridgehead atoms. The Bertz CT molecular complexity index is 164. The van der Waals surface area contributed by atoms with Crippen LogP contribution in [0.2, 0.25) is 0 Å². The molecule has 0 aromatic heterocycles. The Hall–Kier alpha value is 0.230. The molecule has 84 valence electrons. The zero-order valence-electron chi connectivity index (χ0n) is 9.16. The normalized spacial score (nSPS) is 22.5. The van der Waals surface area contributed by atoms with Crippen molar-refractivity contribution in [3.05, 3.63) is 0 Å². The van der Waals surface area contributed by atoms with Crippen molar-refractivity contribution >= 4 is 12.6 Å². The highest BCUT2D eigenvalue weighted by Gasteiger charge is 2.29. The molecular formula is C10H21NO2S. The molecule has 0 aromatic rings. The number of nitrogens with zero attached hydrogens (tertiary/aromatic N) is 1. The van der Waals surface area contributed by atoms with E-state index in [0.717, 1.165) is 45.3 Å². The molecule has 1 rings (SSSR count). The first kappa shape index (κ1) is 12.3. The Morgan fingerprint density at radius 3 is 2.86 bits per heavy atom. The van der Waals surface area contributed by atoms with Crippen molar-refractivity contribution in [3.63, 3.8) is 0 Å². The Kier molecular flexibility index (Phi) is 5.23. The Balaban J connectivity index is 2.20. The van der Waals surface area contributed by atoms with E-state index in [1.54, 1.807) is 0 Å². The molecule has 0 unspecified atom stereocenters. The van der Waals surface area contributed by atoms with Gasteiger partial charge in [0.25, 0.3) is 0 Å². The van der Waals surface area contributed by atoms with Gasteiger partial charge in [-0.1, -0.05) is 0 Å². The Morgan fingerprint density at radius 1 is 1.43 bits per heavy atom. The van der Waals surface area contributed by atoms with Crippen molar-refractivity contribution in [2.75, 3.05) is 45.3 Å². The lowest BCUT2D eigenvalue weighted by molar-refractivity contribution is -0.0598. The van der Waals surface area contributed by atoms with Gasteiger partial charge in [0.2, 0.25) is 0 Å². The van der Waals surface area contributed by atoms with Crippen LogP contribution >= 0.6 is 12.6 Å². The number of rotatable bonds is 5. The molecule has 1 saturated heterocycles. The summed E-state index contributed by atoms with van der Waals surface area (Å²) >= 11 is 4.10. The smallest absolute Gasteiger partial charge is 0.0645 e. The van der Waals surface area contributed by atoms with Gasteiger partial charge in [0.1, 0.15) is 0 Å². The standard InChI is InChI=1S/C10H21NO2S/c1-10(2)9-13-6-4-11(10)3-5-12-7-8-14/h14H,3-9H2,1-2H3. The minimum atomic E-state index is 0.155. The van der Waals surface area contributed by atoms with Gasteiger partial charge in [0, 0.05) is 24.4 Å². The van der Waals surface area contributed by atoms with Crippen molar-refractivity contribution in [2.45, 2.75) is 19.4 Å². The summed E-state index contributed by atoms with van der Waals surface area (Å²) in [5.74, 6) is 0.798. The summed E-state index contributed by atoms with van der Waals surface area (Å²) in [4.78, 5) is 2.43. The highest BCUT2D eigenvalue weighted by molar-refractivity contribution is 7.80. The second-order valence-electron chi connectivity index (χ2n) is 4.19. The van der Waals surface area contributed by atoms with Crippen molar-refractivity contribution in [1.29, 1.82) is 0 Å². The maximum atomic E-state index is 5.45. The number of hydrogen-bond acceptors (Lipinski definition) is 4. The van der Waals surface area contributed by atoms with Crippen LogP contribution in [-0.4, -0.2) is 55.7 Å². The van der Waals surface area contributed by atoms with E-state index in [1.807, 2.05) is 0 Å². The van der Waals surface area contributed by atoms with Gasteiger partial charge < -0.3 is 9.47 Å². The molecule has 1 fully saturated rings. The molecule has 4 heteroatoms. The monoisotopic (exact) mass is 219 g/mol. The third-order valence-corrected chi connectivity index (χ3v) is 2.74. The van der Waals surface area contributed by atoms with Gasteiger partial charge in [0.15, 0.2) is 0 Å². The Morgan fingerprint density at radius 2 is 2.21 bits per heavy atom. The van der Waals surface area contributed by atoms with Crippen LogP contribution in [0, 0.1) is 0 Å². The van der Waals surface area contributed by atoms with Gasteiger partial charge in [-0.25, -0.2) is 0 Å². The fraction of sp³-hybridized carbons (Fsp3) is 1.00. The van der Waals surface area contributed by atoms with Crippen molar-refractivity contribution in [1.82, 2.24) is 4.90 Å². The van der Waals surface area contributed by atoms with E-state index in [2.05, 4.69) is 31.4 Å². The molecule has 0 atom stereocenters. The summed E-state index contributed by atoms with van der Waals surface area (Å²) in [5, 5.41) is 0. The molecule has 0 amide bonds. The number of ether oxygens (including phenoxy) is 2. The largest absolute Gasteiger partial charge is 0.379 e. The molecule has 3 nitrogen and oxygen atoms in total. The lowest BCUT2D eigenvalue weighted by Crippen LogP contribution is -2.53. The molecule has 0 aromatic carbocycles. The summed E-state index contributed by atoms with van der Waals surface area (Å²) < 4.78 is 10.9. The number of morpholine rings is 1. The second kappa shape index (κ2) is 5.95. The predicted octanol–water partition coefficient (Wildman–Crippen LogP) is 1.04. The molecule has 0 saturated carbocycles. The minimum absolute atomic E-state index is 0.155. The van der Waals surface area contributed by atoms with Crippen molar-refractivity contribution in [3.8, 4) is 0 Å². The van der Waals surface area contributed by atoms with Gasteiger partial charge in [-0.2, -0.15) is 12.6 Å². The van der Waals surface area contributed by atoms with Gasteiger partial charge in [-0.15, -0.1) is 0 Å². The molecule has 0 aliphatic carbocycles. The highest BCUT2D eigenvalue weighted by Crippen LogP contribution is 2.17. The predicted molar refractivity (Wildman–Crippen MR) is 61.1 cm³/mol. The lowest BCUT2D eigenvalue weighted by atomic mass is 10.0. The quantitative estimate of drug-likeness (QED) is 0.552. The van der Waals surface area contributed by atoms with Crippen LogP contribution in [0.5, 0.6) is 0 Å². The molecule has 0 N–H and O–H groups in total. The van der Waals surface area contributed by atoms with Crippen LogP contribution in [0.15, 0.2) is 0 Å². The highest BCUT2D eigenvalue weighted by atomic mass is 32.1. The molecule has 1 heterocycles. The minimum Gasteiger partial charge on any atom is -0.379 e. The maximum absolute atomic E-state index is 5.45. The van der Waals surface area contributed by atoms with Crippen molar-refractivity contribution in [2.24, 2.45) is 0 Å². The maximum Gasteiger partial charge on any atom is 0.0645 e. The molecule has 14 heavy (non-hydrogen) atoms. The zero-order valence-corrected chi connectivity index (χ0v) is 10.1. The third kappa shape index (κ3) is 3.77. The third-order valence-electron chi connectivity index (χ3n) is 2.56. The first-order valence-corrected chi connectivity index (χ1v) is 5.81. The Labute approximate surface area is 92.2 Å². The summed E-state index contributed by atoms with van der Waals surface area (Å²) in [7, 11) is 0. The summed E-state index contributed by atoms with van der Waals surface area (Å²) in [6.45, 7) is 9.63. The number of thiol groups is 1. The lowest BCUT2D eigenvalue weighted by Gasteiger charge is -2.42. The molecular weight excluding hydrogens is 198 g/mol. The van der Waals surface area contributed by atoms with Crippen molar-refractivity contribution < 1.29 is 9.47 Å². The van der Waals surface area contributed by atoms with E-state index >= 15 is 0 Å². The number of hydrogen-bond donors (Lipinski definition) is 1. The van der Waals surface area contributed by atoms with Gasteiger partial charge in [-0.3, -0.25) is 4.90 Å². The molecule has 1 aliphatic rings. The second-order valence-corrected chi connectivity index (χ2v) is 4.64. The van der Waals surface area contributed by atoms with E-state index in [1.165, 1.54) is 0 Å². The van der Waals surface area contributed by atoms with Crippen LogP contribution in [0.1, 0.15) is 13.8 Å². The van der Waals surface area contributed by atoms with Gasteiger partial charge in [0.05, 0.1) is 26.4 Å². The average Bonchev–Trinajstić information content (AvgIpc) is 2.14. The zero-order chi connectivity index (χ0) is 10.4. The van der Waals surface area contributed by atoms with Crippen LogP contribution in [-0.2, 0) is 9.47 Å².